The largest absolute Gasteiger partial charge is 0.378 e. The minimum atomic E-state index is -0.390. The molecular weight excluding hydrogens is 458 g/mol. The number of nitrogens with zero attached hydrogens (tertiary/aromatic N) is 3. The summed E-state index contributed by atoms with van der Waals surface area (Å²) in [5.41, 5.74) is 2.22. The normalized spacial score (nSPS) is 15.3. The van der Waals surface area contributed by atoms with Crippen molar-refractivity contribution in [2.45, 2.75) is 13.3 Å². The number of aryl methyl sites for hydroxylation is 1. The van der Waals surface area contributed by atoms with Gasteiger partial charge in [0.1, 0.15) is 10.7 Å². The lowest BCUT2D eigenvalue weighted by atomic mass is 10.1. The van der Waals surface area contributed by atoms with Crippen molar-refractivity contribution in [2.24, 2.45) is 0 Å². The number of amides is 1. The van der Waals surface area contributed by atoms with E-state index in [4.69, 9.17) is 16.3 Å². The molecule has 1 saturated heterocycles. The molecule has 1 aliphatic rings. The minimum Gasteiger partial charge on any atom is -0.378 e. The molecule has 0 aliphatic carbocycles. The maximum absolute atomic E-state index is 13.5. The van der Waals surface area contributed by atoms with Gasteiger partial charge in [-0.3, -0.25) is 14.2 Å². The molecule has 1 fully saturated rings. The van der Waals surface area contributed by atoms with Crippen molar-refractivity contribution in [1.82, 2.24) is 9.47 Å². The van der Waals surface area contributed by atoms with Gasteiger partial charge in [0.05, 0.1) is 23.4 Å². The average molecular weight is 480 g/mol. The number of halogens is 1. The Hall–Kier alpha value is -3.18. The van der Waals surface area contributed by atoms with E-state index in [9.17, 15) is 14.9 Å². The smallest absolute Gasteiger partial charge is 0.273 e. The van der Waals surface area contributed by atoms with Gasteiger partial charge in [0.25, 0.3) is 11.5 Å². The monoisotopic (exact) mass is 479 g/mol. The molecule has 6 nitrogen and oxygen atoms in total. The zero-order valence-corrected chi connectivity index (χ0v) is 19.7. The fourth-order valence-electron chi connectivity index (χ4n) is 3.59. The number of rotatable bonds is 4. The summed E-state index contributed by atoms with van der Waals surface area (Å²) in [5, 5.41) is 10.6. The fraction of sp³-hybridized carbons (Fsp3) is 0.240. The summed E-state index contributed by atoms with van der Waals surface area (Å²) in [6.45, 7) is 3.73. The van der Waals surface area contributed by atoms with Gasteiger partial charge in [-0.1, -0.05) is 42.8 Å². The van der Waals surface area contributed by atoms with Crippen molar-refractivity contribution >= 4 is 40.5 Å². The second kappa shape index (κ2) is 10.2. The Labute approximate surface area is 200 Å². The van der Waals surface area contributed by atoms with Gasteiger partial charge in [0.15, 0.2) is 5.57 Å². The Bertz CT molecular complexity index is 1380. The van der Waals surface area contributed by atoms with Crippen LogP contribution < -0.4 is 14.8 Å². The molecule has 0 bridgehead atoms. The first-order valence-electron chi connectivity index (χ1n) is 10.6. The Morgan fingerprint density at radius 2 is 1.82 bits per heavy atom. The van der Waals surface area contributed by atoms with Gasteiger partial charge in [0.2, 0.25) is 0 Å². The van der Waals surface area contributed by atoms with Crippen LogP contribution in [0.3, 0.4) is 0 Å². The molecule has 0 saturated carbocycles. The predicted molar refractivity (Wildman–Crippen MR) is 130 cm³/mol. The zero-order valence-electron chi connectivity index (χ0n) is 18.1. The molecule has 0 spiro atoms. The third kappa shape index (κ3) is 4.93. The van der Waals surface area contributed by atoms with Crippen LogP contribution in [-0.4, -0.2) is 41.7 Å². The molecule has 33 heavy (non-hydrogen) atoms. The molecule has 2 heterocycles. The number of ether oxygens (including phenoxy) is 1. The summed E-state index contributed by atoms with van der Waals surface area (Å²) in [6, 6.07) is 16.8. The maximum atomic E-state index is 13.5. The van der Waals surface area contributed by atoms with Gasteiger partial charge in [-0.25, -0.2) is 0 Å². The second-order valence-corrected chi connectivity index (χ2v) is 8.99. The topological polar surface area (TPSA) is 75.3 Å². The SMILES string of the molecule is CCc1ccc(-n2c(=O)/c(=C\c3ccc(Cl)cc3)s/c2=C(/C#N)C(=O)N2CCOCC2)cc1. The van der Waals surface area contributed by atoms with Gasteiger partial charge in [-0.2, -0.15) is 5.26 Å². The van der Waals surface area contributed by atoms with Gasteiger partial charge >= 0.3 is 0 Å². The molecule has 1 aliphatic heterocycles. The molecule has 2 aromatic carbocycles. The van der Waals surface area contributed by atoms with E-state index < -0.39 is 0 Å². The molecule has 0 unspecified atom stereocenters. The Balaban J connectivity index is 1.96. The van der Waals surface area contributed by atoms with Crippen LogP contribution in [-0.2, 0) is 16.0 Å². The summed E-state index contributed by atoms with van der Waals surface area (Å²) >= 11 is 7.12. The third-order valence-corrected chi connectivity index (χ3v) is 6.78. The molecule has 0 radical (unpaired) electrons. The van der Waals surface area contributed by atoms with Crippen molar-refractivity contribution in [3.05, 3.63) is 84.2 Å². The summed E-state index contributed by atoms with van der Waals surface area (Å²) in [6.07, 6.45) is 2.62. The van der Waals surface area contributed by atoms with Gasteiger partial charge < -0.3 is 9.64 Å². The number of aromatic nitrogens is 1. The van der Waals surface area contributed by atoms with E-state index in [-0.39, 0.29) is 17.0 Å². The highest BCUT2D eigenvalue weighted by atomic mass is 35.5. The zero-order chi connectivity index (χ0) is 23.4. The second-order valence-electron chi connectivity index (χ2n) is 7.52. The summed E-state index contributed by atoms with van der Waals surface area (Å²) in [7, 11) is 0. The molecule has 1 aromatic heterocycles. The van der Waals surface area contributed by atoms with E-state index in [0.29, 0.717) is 46.2 Å². The summed E-state index contributed by atoms with van der Waals surface area (Å²) in [4.78, 5) is 28.3. The first kappa shape index (κ1) is 23.0. The minimum absolute atomic E-state index is 0.0469. The summed E-state index contributed by atoms with van der Waals surface area (Å²) in [5.74, 6) is -0.390. The lowest BCUT2D eigenvalue weighted by molar-refractivity contribution is -0.128. The molecule has 3 aromatic rings. The number of thiazole rings is 1. The van der Waals surface area contributed by atoms with E-state index in [2.05, 4.69) is 13.0 Å². The maximum Gasteiger partial charge on any atom is 0.273 e. The van der Waals surface area contributed by atoms with Crippen LogP contribution in [0.5, 0.6) is 0 Å². The molecule has 1 amide bonds. The predicted octanol–water partition coefficient (Wildman–Crippen LogP) is 2.48. The van der Waals surface area contributed by atoms with Crippen LogP contribution in [0, 0.1) is 11.3 Å². The highest BCUT2D eigenvalue weighted by Crippen LogP contribution is 2.11. The first-order valence-corrected chi connectivity index (χ1v) is 11.8. The van der Waals surface area contributed by atoms with Crippen LogP contribution >= 0.6 is 22.9 Å². The van der Waals surface area contributed by atoms with Crippen LogP contribution in [0.4, 0.5) is 0 Å². The highest BCUT2D eigenvalue weighted by molar-refractivity contribution is 7.07. The lowest BCUT2D eigenvalue weighted by Gasteiger charge is -2.26. The Morgan fingerprint density at radius 3 is 2.42 bits per heavy atom. The number of morpholine rings is 1. The molecule has 0 N–H and O–H groups in total. The quantitative estimate of drug-likeness (QED) is 0.576. The average Bonchev–Trinajstić information content (AvgIpc) is 3.17. The number of nitriles is 1. The van der Waals surface area contributed by atoms with E-state index in [1.807, 2.05) is 36.4 Å². The number of hydrogen-bond acceptors (Lipinski definition) is 5. The number of benzene rings is 2. The van der Waals surface area contributed by atoms with Gasteiger partial charge in [0, 0.05) is 18.1 Å². The van der Waals surface area contributed by atoms with Crippen LogP contribution in [0.25, 0.3) is 17.3 Å². The van der Waals surface area contributed by atoms with Crippen molar-refractivity contribution in [3.63, 3.8) is 0 Å². The number of carbonyl (C=O) groups is 1. The molecule has 168 valence electrons. The van der Waals surface area contributed by atoms with E-state index in [1.54, 1.807) is 23.1 Å². The number of carbonyl (C=O) groups excluding carboxylic acids is 1. The molecule has 4 rings (SSSR count). The molecule has 8 heteroatoms. The standard InChI is InChI=1S/C25H22ClN3O3S/c1-2-17-5-9-20(10-6-17)29-24(31)22(15-18-3-7-19(26)8-4-18)33-25(29)21(16-27)23(30)28-11-13-32-14-12-28/h3-10,15H,2,11-14H2,1H3/b22-15+,25-21-. The van der Waals surface area contributed by atoms with Gasteiger partial charge in [-0.15, -0.1) is 11.3 Å². The lowest BCUT2D eigenvalue weighted by Crippen LogP contribution is -2.42. The van der Waals surface area contributed by atoms with Crippen molar-refractivity contribution in [1.29, 1.82) is 5.26 Å². The van der Waals surface area contributed by atoms with Crippen molar-refractivity contribution in [3.8, 4) is 11.8 Å². The number of hydrogen-bond donors (Lipinski definition) is 0. The van der Waals surface area contributed by atoms with E-state index >= 15 is 0 Å². The fourth-order valence-corrected chi connectivity index (χ4v) is 4.81. The van der Waals surface area contributed by atoms with E-state index in [1.165, 1.54) is 4.57 Å². The Kier molecular flexibility index (Phi) is 7.09. The van der Waals surface area contributed by atoms with Crippen molar-refractivity contribution in [2.75, 3.05) is 26.3 Å². The third-order valence-electron chi connectivity index (χ3n) is 5.43. The van der Waals surface area contributed by atoms with E-state index in [0.717, 1.165) is 28.9 Å². The molecular formula is C25H22ClN3O3S. The van der Waals surface area contributed by atoms with Crippen LogP contribution in [0.2, 0.25) is 5.02 Å². The van der Waals surface area contributed by atoms with Crippen LogP contribution in [0.15, 0.2) is 53.3 Å². The van der Waals surface area contributed by atoms with Gasteiger partial charge in [-0.05, 0) is 47.9 Å². The van der Waals surface area contributed by atoms with Crippen LogP contribution in [0.1, 0.15) is 18.1 Å². The molecule has 0 atom stereocenters. The Morgan fingerprint density at radius 1 is 1.15 bits per heavy atom. The summed E-state index contributed by atoms with van der Waals surface area (Å²) < 4.78 is 7.54. The van der Waals surface area contributed by atoms with Crippen molar-refractivity contribution < 1.29 is 9.53 Å². The first-order chi connectivity index (χ1) is 16.0. The highest BCUT2D eigenvalue weighted by Gasteiger charge is 2.24.